The third kappa shape index (κ3) is 4.16. The average molecular weight is 520 g/mol. The van der Waals surface area contributed by atoms with Gasteiger partial charge in [-0.15, -0.1) is 0 Å². The Morgan fingerprint density at radius 2 is 2.05 bits per heavy atom. The first-order valence-electron chi connectivity index (χ1n) is 12.7. The van der Waals surface area contributed by atoms with Crippen molar-refractivity contribution >= 4 is 43.4 Å². The van der Waals surface area contributed by atoms with E-state index >= 15 is 0 Å². The lowest BCUT2D eigenvalue weighted by atomic mass is 9.88. The molecule has 2 aliphatic rings. The third-order valence-corrected chi connectivity index (χ3v) is 8.11. The second kappa shape index (κ2) is 8.74. The number of halogens is 1. The van der Waals surface area contributed by atoms with E-state index < -0.39 is 17.9 Å². The molecule has 1 atom stereocenters. The highest BCUT2D eigenvalue weighted by Crippen LogP contribution is 2.47. The van der Waals surface area contributed by atoms with E-state index in [0.29, 0.717) is 19.7 Å². The topological polar surface area (TPSA) is 64.5 Å². The second-order valence-electron chi connectivity index (χ2n) is 11.0. The van der Waals surface area contributed by atoms with Gasteiger partial charge >= 0.3 is 0 Å². The molecule has 1 fully saturated rings. The summed E-state index contributed by atoms with van der Waals surface area (Å²) in [6, 6.07) is 8.10. The second-order valence-corrected chi connectivity index (χ2v) is 11.9. The molecule has 0 radical (unpaired) electrons. The summed E-state index contributed by atoms with van der Waals surface area (Å²) in [7, 11) is 0. The van der Waals surface area contributed by atoms with Crippen molar-refractivity contribution in [1.29, 1.82) is 0 Å². The lowest BCUT2D eigenvalue weighted by Crippen LogP contribution is -2.48. The van der Waals surface area contributed by atoms with Crippen LogP contribution < -0.4 is 9.64 Å². The normalized spacial score (nSPS) is 16.6. The number of fused-ring (bicyclic) bond motifs is 1. The van der Waals surface area contributed by atoms with Gasteiger partial charge < -0.3 is 14.4 Å². The maximum atomic E-state index is 13.7. The van der Waals surface area contributed by atoms with Crippen LogP contribution in [0.2, 0.25) is 0 Å². The van der Waals surface area contributed by atoms with Crippen LogP contribution in [0, 0.1) is 6.92 Å². The first-order valence-corrected chi connectivity index (χ1v) is 13.5. The van der Waals surface area contributed by atoms with Crippen LogP contribution in [0.25, 0.3) is 32.2 Å². The number of rotatable bonds is 5. The summed E-state index contributed by atoms with van der Waals surface area (Å²) in [6.45, 7) is 10.8. The fourth-order valence-corrected chi connectivity index (χ4v) is 6.46. The summed E-state index contributed by atoms with van der Waals surface area (Å²) in [5.41, 5.74) is 5.91. The van der Waals surface area contributed by atoms with Crippen LogP contribution in [0.5, 0.6) is 5.75 Å². The van der Waals surface area contributed by atoms with Crippen LogP contribution in [0.3, 0.4) is 0 Å². The third-order valence-electron chi connectivity index (χ3n) is 6.97. The van der Waals surface area contributed by atoms with Gasteiger partial charge in [-0.3, -0.25) is 9.78 Å². The Labute approximate surface area is 219 Å². The van der Waals surface area contributed by atoms with E-state index in [-0.39, 0.29) is 5.78 Å². The lowest BCUT2D eigenvalue weighted by Gasteiger charge is -2.33. The van der Waals surface area contributed by atoms with E-state index in [9.17, 15) is 9.18 Å². The molecule has 6 nitrogen and oxygen atoms in total. The molecule has 2 aromatic heterocycles. The molecule has 8 heteroatoms. The molecule has 0 amide bonds. The summed E-state index contributed by atoms with van der Waals surface area (Å²) in [4.78, 5) is 24.8. The van der Waals surface area contributed by atoms with Gasteiger partial charge in [0, 0.05) is 34.7 Å². The van der Waals surface area contributed by atoms with Crippen LogP contribution in [-0.2, 0) is 16.0 Å². The number of alkyl halides is 1. The number of ketones is 1. The van der Waals surface area contributed by atoms with Crippen molar-refractivity contribution in [1.82, 2.24) is 9.97 Å². The summed E-state index contributed by atoms with van der Waals surface area (Å²) < 4.78 is 27.0. The van der Waals surface area contributed by atoms with Crippen molar-refractivity contribution in [3.05, 3.63) is 47.2 Å². The maximum absolute atomic E-state index is 13.7. The van der Waals surface area contributed by atoms with Gasteiger partial charge in [-0.1, -0.05) is 11.3 Å². The number of aromatic nitrogens is 2. The molecule has 0 N–H and O–H groups in total. The van der Waals surface area contributed by atoms with Gasteiger partial charge in [0.15, 0.2) is 10.9 Å². The minimum atomic E-state index is -0.823. The van der Waals surface area contributed by atoms with E-state index in [1.54, 1.807) is 6.92 Å². The van der Waals surface area contributed by atoms with Gasteiger partial charge in [0.1, 0.15) is 18.0 Å². The van der Waals surface area contributed by atoms with Crippen LogP contribution in [0.4, 0.5) is 9.52 Å². The Kier molecular flexibility index (Phi) is 5.73. The first kappa shape index (κ1) is 24.2. The van der Waals surface area contributed by atoms with Gasteiger partial charge in [0.2, 0.25) is 0 Å². The van der Waals surface area contributed by atoms with E-state index in [0.717, 1.165) is 60.7 Å². The monoisotopic (exact) mass is 519 g/mol. The van der Waals surface area contributed by atoms with E-state index in [4.69, 9.17) is 19.4 Å². The zero-order chi connectivity index (χ0) is 26.1. The molecule has 2 aromatic carbocycles. The zero-order valence-corrected chi connectivity index (χ0v) is 22.5. The minimum absolute atomic E-state index is 0.0644. The molecule has 0 unspecified atom stereocenters. The number of hydrogen-bond donors (Lipinski definition) is 0. The molecule has 37 heavy (non-hydrogen) atoms. The van der Waals surface area contributed by atoms with Gasteiger partial charge in [-0.2, -0.15) is 0 Å². The molecule has 4 heterocycles. The fourth-order valence-electron chi connectivity index (χ4n) is 5.32. The summed E-state index contributed by atoms with van der Waals surface area (Å²) in [6.07, 6.45) is 1.08. The minimum Gasteiger partial charge on any atom is -0.493 e. The van der Waals surface area contributed by atoms with Crippen LogP contribution in [0.1, 0.15) is 50.5 Å². The molecule has 6 rings (SSSR count). The number of thiazole rings is 1. The number of ether oxygens (including phenoxy) is 2. The van der Waals surface area contributed by atoms with Gasteiger partial charge in [0.25, 0.3) is 0 Å². The smallest absolute Gasteiger partial charge is 0.186 e. The molecule has 2 aliphatic heterocycles. The van der Waals surface area contributed by atoms with Crippen molar-refractivity contribution in [3.63, 3.8) is 0 Å². The van der Waals surface area contributed by atoms with Crippen molar-refractivity contribution < 1.29 is 18.7 Å². The first-order chi connectivity index (χ1) is 17.6. The molecule has 192 valence electrons. The van der Waals surface area contributed by atoms with Crippen molar-refractivity contribution in [2.75, 3.05) is 24.6 Å². The van der Waals surface area contributed by atoms with Gasteiger partial charge in [0.05, 0.1) is 41.0 Å². The number of benzene rings is 2. The van der Waals surface area contributed by atoms with E-state index in [2.05, 4.69) is 0 Å². The number of nitrogens with zero attached hydrogens (tertiary/aromatic N) is 3. The number of carbonyl (C=O) groups excluding carboxylic acids is 1. The number of pyridine rings is 1. The van der Waals surface area contributed by atoms with Crippen LogP contribution in [0.15, 0.2) is 30.5 Å². The molecule has 4 aromatic rings. The SMILES string of the molecule is CC(=O)[C@@H](OC(C)(C)C)c1c(C)cc2nc(N3CC(F)C3)sc2c1-c1ccc2c3c(ccnc13)CCO2. The fraction of sp³-hybridized carbons (Fsp3) is 0.414. The Hall–Kier alpha value is -3.10. The molecule has 0 spiro atoms. The highest BCUT2D eigenvalue weighted by Gasteiger charge is 2.33. The quantitative estimate of drug-likeness (QED) is 0.306. The highest BCUT2D eigenvalue weighted by molar-refractivity contribution is 7.22. The Bertz CT molecular complexity index is 1540. The molecular formula is C29H30FN3O3S. The molecule has 0 aliphatic carbocycles. The predicted molar refractivity (Wildman–Crippen MR) is 146 cm³/mol. The summed E-state index contributed by atoms with van der Waals surface area (Å²) in [5, 5.41) is 1.80. The van der Waals surface area contributed by atoms with E-state index in [1.807, 2.05) is 63.1 Å². The van der Waals surface area contributed by atoms with Crippen LogP contribution >= 0.6 is 11.3 Å². The van der Waals surface area contributed by atoms with Crippen molar-refractivity contribution in [2.45, 2.75) is 58.9 Å². The average Bonchev–Trinajstić information content (AvgIpc) is 3.23. The number of hydrogen-bond acceptors (Lipinski definition) is 7. The molecule has 1 saturated heterocycles. The predicted octanol–water partition coefficient (Wildman–Crippen LogP) is 6.36. The number of anilines is 1. The highest BCUT2D eigenvalue weighted by atomic mass is 32.1. The van der Waals surface area contributed by atoms with Gasteiger partial charge in [-0.25, -0.2) is 9.37 Å². The summed E-state index contributed by atoms with van der Waals surface area (Å²) >= 11 is 1.53. The molecule has 0 bridgehead atoms. The largest absolute Gasteiger partial charge is 0.493 e. The molecule has 0 saturated carbocycles. The standard InChI is InChI=1S/C29H30FN3O3S/c1-15-12-20-27(37-28(32-20)33-13-18(30)14-33)24(22(15)26(16(2)34)36-29(3,4)5)19-6-7-21-23-17(9-11-35-21)8-10-31-25(19)23/h6-8,10,12,18,26H,9,11,13-14H2,1-5H3/t26-/m1/s1. The number of Topliss-reactive ketones (excluding diaryl/α,β-unsaturated/α-hetero) is 1. The Balaban J connectivity index is 1.68. The van der Waals surface area contributed by atoms with E-state index in [1.165, 1.54) is 16.9 Å². The lowest BCUT2D eigenvalue weighted by molar-refractivity contribution is -0.138. The Morgan fingerprint density at radius 3 is 2.76 bits per heavy atom. The van der Waals surface area contributed by atoms with Crippen molar-refractivity contribution in [2.24, 2.45) is 0 Å². The maximum Gasteiger partial charge on any atom is 0.186 e. The summed E-state index contributed by atoms with van der Waals surface area (Å²) in [5.74, 6) is 0.762. The molecular weight excluding hydrogens is 489 g/mol. The number of aryl methyl sites for hydroxylation is 1. The Morgan fingerprint density at radius 1 is 1.27 bits per heavy atom. The van der Waals surface area contributed by atoms with Gasteiger partial charge in [-0.05, 0) is 70.0 Å². The zero-order valence-electron chi connectivity index (χ0n) is 21.7. The van der Waals surface area contributed by atoms with Crippen LogP contribution in [-0.4, -0.2) is 47.2 Å². The number of carbonyl (C=O) groups is 1. The van der Waals surface area contributed by atoms with Crippen molar-refractivity contribution in [3.8, 4) is 16.9 Å².